The van der Waals surface area contributed by atoms with E-state index in [-0.39, 0.29) is 17.6 Å². The van der Waals surface area contributed by atoms with Gasteiger partial charge in [-0.05, 0) is 32.3 Å². The van der Waals surface area contributed by atoms with Crippen molar-refractivity contribution < 1.29 is 4.79 Å². The quantitative estimate of drug-likeness (QED) is 0.890. The normalized spacial score (nSPS) is 15.2. The lowest BCUT2D eigenvalue weighted by Gasteiger charge is -2.31. The van der Waals surface area contributed by atoms with E-state index in [4.69, 9.17) is 0 Å². The molecule has 2 amide bonds. The summed E-state index contributed by atoms with van der Waals surface area (Å²) in [5.74, 6) is 1.06. The van der Waals surface area contributed by atoms with E-state index >= 15 is 0 Å². The van der Waals surface area contributed by atoms with Crippen molar-refractivity contribution in [1.82, 2.24) is 24.6 Å². The molecule has 1 fully saturated rings. The molecule has 0 radical (unpaired) electrons. The van der Waals surface area contributed by atoms with Crippen LogP contribution in [0, 0.1) is 0 Å². The minimum atomic E-state index is -0.0579. The molecule has 1 aromatic heterocycles. The van der Waals surface area contributed by atoms with Gasteiger partial charge in [0.2, 0.25) is 0 Å². The van der Waals surface area contributed by atoms with Crippen molar-refractivity contribution in [3.05, 3.63) is 52.2 Å². The number of nitrogens with one attached hydrogen (secondary N) is 1. The van der Waals surface area contributed by atoms with E-state index in [0.29, 0.717) is 32.7 Å². The van der Waals surface area contributed by atoms with Crippen LogP contribution in [0.4, 0.5) is 4.79 Å². The highest BCUT2D eigenvalue weighted by atomic mass is 16.2. The SMILES string of the molecule is CCNC(=O)N1CCC(c2nn(Cc3ccccc3)c(=O)n2CC)CC1. The molecule has 3 rings (SSSR count). The molecular weight excluding hydrogens is 330 g/mol. The Bertz CT molecular complexity index is 788. The monoisotopic (exact) mass is 357 g/mol. The van der Waals surface area contributed by atoms with E-state index in [0.717, 1.165) is 24.2 Å². The summed E-state index contributed by atoms with van der Waals surface area (Å²) in [4.78, 5) is 26.5. The van der Waals surface area contributed by atoms with Gasteiger partial charge in [-0.25, -0.2) is 14.3 Å². The second-order valence-corrected chi connectivity index (χ2v) is 6.63. The van der Waals surface area contributed by atoms with E-state index in [9.17, 15) is 9.59 Å². The number of urea groups is 1. The van der Waals surface area contributed by atoms with Crippen LogP contribution in [0.15, 0.2) is 35.1 Å². The van der Waals surface area contributed by atoms with Crippen molar-refractivity contribution in [2.45, 2.75) is 45.7 Å². The lowest BCUT2D eigenvalue weighted by Crippen LogP contribution is -2.44. The summed E-state index contributed by atoms with van der Waals surface area (Å²) < 4.78 is 3.33. The van der Waals surface area contributed by atoms with Gasteiger partial charge in [-0.2, -0.15) is 5.10 Å². The molecule has 0 unspecified atom stereocenters. The number of carbonyl (C=O) groups excluding carboxylic acids is 1. The molecule has 1 aliphatic rings. The molecule has 2 heterocycles. The maximum absolute atomic E-state index is 12.7. The van der Waals surface area contributed by atoms with Gasteiger partial charge in [-0.3, -0.25) is 4.57 Å². The van der Waals surface area contributed by atoms with Gasteiger partial charge in [0, 0.05) is 32.1 Å². The standard InChI is InChI=1S/C19H27N5O2/c1-3-20-18(25)22-12-10-16(11-13-22)17-21-24(19(26)23(17)4-2)14-15-8-6-5-7-9-15/h5-9,16H,3-4,10-14H2,1-2H3,(H,20,25). The number of piperidine rings is 1. The number of likely N-dealkylation sites (tertiary alicyclic amines) is 1. The highest BCUT2D eigenvalue weighted by molar-refractivity contribution is 5.74. The van der Waals surface area contributed by atoms with Gasteiger partial charge in [-0.15, -0.1) is 0 Å². The number of nitrogens with zero attached hydrogens (tertiary/aromatic N) is 4. The van der Waals surface area contributed by atoms with E-state index in [1.165, 1.54) is 0 Å². The fraction of sp³-hybridized carbons (Fsp3) is 0.526. The number of carbonyl (C=O) groups is 1. The number of hydrogen-bond donors (Lipinski definition) is 1. The third kappa shape index (κ3) is 3.81. The minimum Gasteiger partial charge on any atom is -0.338 e. The van der Waals surface area contributed by atoms with Crippen LogP contribution in [0.1, 0.15) is 44.0 Å². The van der Waals surface area contributed by atoms with Crippen LogP contribution in [0.25, 0.3) is 0 Å². The first-order valence-electron chi connectivity index (χ1n) is 9.38. The molecule has 2 aromatic rings. The average molecular weight is 357 g/mol. The summed E-state index contributed by atoms with van der Waals surface area (Å²) in [5.41, 5.74) is 1.01. The van der Waals surface area contributed by atoms with E-state index in [1.54, 1.807) is 9.25 Å². The Morgan fingerprint density at radius 1 is 1.19 bits per heavy atom. The molecule has 140 valence electrons. The minimum absolute atomic E-state index is 0.00608. The Morgan fingerprint density at radius 3 is 2.50 bits per heavy atom. The van der Waals surface area contributed by atoms with Crippen molar-refractivity contribution in [3.63, 3.8) is 0 Å². The summed E-state index contributed by atoms with van der Waals surface area (Å²) >= 11 is 0. The van der Waals surface area contributed by atoms with E-state index in [1.807, 2.05) is 49.1 Å². The lowest BCUT2D eigenvalue weighted by atomic mass is 9.96. The van der Waals surface area contributed by atoms with Gasteiger partial charge < -0.3 is 10.2 Å². The Balaban J connectivity index is 1.75. The smallest absolute Gasteiger partial charge is 0.338 e. The fourth-order valence-electron chi connectivity index (χ4n) is 3.52. The van der Waals surface area contributed by atoms with Gasteiger partial charge in [0.25, 0.3) is 0 Å². The third-order valence-electron chi connectivity index (χ3n) is 4.92. The highest BCUT2D eigenvalue weighted by Gasteiger charge is 2.28. The second-order valence-electron chi connectivity index (χ2n) is 6.63. The van der Waals surface area contributed by atoms with Crippen molar-refractivity contribution in [3.8, 4) is 0 Å². The Hall–Kier alpha value is -2.57. The zero-order valence-electron chi connectivity index (χ0n) is 15.5. The number of hydrogen-bond acceptors (Lipinski definition) is 3. The fourth-order valence-corrected chi connectivity index (χ4v) is 3.52. The van der Waals surface area contributed by atoms with Gasteiger partial charge in [0.1, 0.15) is 5.82 Å². The number of benzene rings is 1. The van der Waals surface area contributed by atoms with Crippen LogP contribution in [-0.4, -0.2) is 44.9 Å². The van der Waals surface area contributed by atoms with Crippen molar-refractivity contribution in [1.29, 1.82) is 0 Å². The zero-order valence-corrected chi connectivity index (χ0v) is 15.5. The molecule has 0 aliphatic carbocycles. The van der Waals surface area contributed by atoms with Gasteiger partial charge in [-0.1, -0.05) is 30.3 Å². The van der Waals surface area contributed by atoms with Crippen LogP contribution < -0.4 is 11.0 Å². The second kappa shape index (κ2) is 8.21. The van der Waals surface area contributed by atoms with E-state index in [2.05, 4.69) is 10.4 Å². The Labute approximate surface area is 153 Å². The largest absolute Gasteiger partial charge is 0.346 e. The van der Waals surface area contributed by atoms with Crippen LogP contribution in [-0.2, 0) is 13.1 Å². The average Bonchev–Trinajstić information content (AvgIpc) is 2.98. The molecule has 7 heteroatoms. The van der Waals surface area contributed by atoms with Gasteiger partial charge in [0.15, 0.2) is 0 Å². The van der Waals surface area contributed by atoms with Gasteiger partial charge in [0.05, 0.1) is 6.54 Å². The number of amides is 2. The van der Waals surface area contributed by atoms with Crippen molar-refractivity contribution in [2.75, 3.05) is 19.6 Å². The van der Waals surface area contributed by atoms with Crippen LogP contribution in [0.2, 0.25) is 0 Å². The molecule has 26 heavy (non-hydrogen) atoms. The third-order valence-corrected chi connectivity index (χ3v) is 4.92. The van der Waals surface area contributed by atoms with E-state index < -0.39 is 0 Å². The number of aromatic nitrogens is 3. The molecule has 1 aliphatic heterocycles. The topological polar surface area (TPSA) is 72.2 Å². The maximum atomic E-state index is 12.7. The maximum Gasteiger partial charge on any atom is 0.346 e. The Morgan fingerprint density at radius 2 is 1.88 bits per heavy atom. The number of rotatable bonds is 5. The zero-order chi connectivity index (χ0) is 18.5. The summed E-state index contributed by atoms with van der Waals surface area (Å²) in [7, 11) is 0. The van der Waals surface area contributed by atoms with Gasteiger partial charge >= 0.3 is 11.7 Å². The van der Waals surface area contributed by atoms with Crippen LogP contribution in [0.3, 0.4) is 0 Å². The molecule has 0 atom stereocenters. The van der Waals surface area contributed by atoms with Crippen molar-refractivity contribution >= 4 is 6.03 Å². The molecule has 0 bridgehead atoms. The summed E-state index contributed by atoms with van der Waals surface area (Å²) in [5, 5.41) is 7.50. The molecule has 1 saturated heterocycles. The van der Waals surface area contributed by atoms with Crippen LogP contribution in [0.5, 0.6) is 0 Å². The first kappa shape index (κ1) is 18.2. The molecule has 0 spiro atoms. The molecular formula is C19H27N5O2. The Kier molecular flexibility index (Phi) is 5.75. The lowest BCUT2D eigenvalue weighted by molar-refractivity contribution is 0.180. The predicted octanol–water partition coefficient (Wildman–Crippen LogP) is 2.02. The highest BCUT2D eigenvalue weighted by Crippen LogP contribution is 2.26. The molecule has 7 nitrogen and oxygen atoms in total. The summed E-state index contributed by atoms with van der Waals surface area (Å²) in [6, 6.07) is 9.90. The summed E-state index contributed by atoms with van der Waals surface area (Å²) in [6.45, 7) is 7.02. The molecule has 0 saturated carbocycles. The van der Waals surface area contributed by atoms with Crippen molar-refractivity contribution in [2.24, 2.45) is 0 Å². The first-order chi connectivity index (χ1) is 12.6. The molecule has 1 aromatic carbocycles. The summed E-state index contributed by atoms with van der Waals surface area (Å²) in [6.07, 6.45) is 1.66. The predicted molar refractivity (Wildman–Crippen MR) is 100 cm³/mol. The molecule has 1 N–H and O–H groups in total. The van der Waals surface area contributed by atoms with Crippen LogP contribution >= 0.6 is 0 Å². The first-order valence-corrected chi connectivity index (χ1v) is 9.38.